The van der Waals surface area contributed by atoms with Crippen LogP contribution in [0.2, 0.25) is 5.02 Å². The van der Waals surface area contributed by atoms with E-state index >= 15 is 0 Å². The van der Waals surface area contributed by atoms with Crippen LogP contribution in [0.15, 0.2) is 33.5 Å². The van der Waals surface area contributed by atoms with Crippen LogP contribution >= 0.6 is 11.6 Å². The van der Waals surface area contributed by atoms with E-state index in [1.807, 2.05) is 24.3 Å². The zero-order valence-electron chi connectivity index (χ0n) is 9.97. The van der Waals surface area contributed by atoms with Gasteiger partial charge in [-0.25, -0.2) is 4.79 Å². The van der Waals surface area contributed by atoms with E-state index in [4.69, 9.17) is 16.0 Å². The highest BCUT2D eigenvalue weighted by atomic mass is 35.5. The molecular weight excluding hydrogens is 252 g/mol. The van der Waals surface area contributed by atoms with Crippen molar-refractivity contribution in [3.8, 4) is 0 Å². The highest BCUT2D eigenvalue weighted by Gasteiger charge is 2.33. The number of rotatable bonds is 2. The topological polar surface area (TPSA) is 48.0 Å². The first-order valence-electron chi connectivity index (χ1n) is 5.95. The Balaban J connectivity index is 1.72. The molecule has 1 aromatic heterocycles. The van der Waals surface area contributed by atoms with Crippen LogP contribution in [0.1, 0.15) is 36.3 Å². The Labute approximate surface area is 109 Å². The van der Waals surface area contributed by atoms with Gasteiger partial charge >= 0.3 is 5.76 Å². The number of benzene rings is 1. The molecule has 18 heavy (non-hydrogen) atoms. The minimum atomic E-state index is -0.355. The lowest BCUT2D eigenvalue weighted by Gasteiger charge is -2.34. The molecule has 1 saturated carbocycles. The lowest BCUT2D eigenvalue weighted by atomic mass is 9.76. The fourth-order valence-corrected chi connectivity index (χ4v) is 2.54. The van der Waals surface area contributed by atoms with Crippen molar-refractivity contribution in [2.45, 2.75) is 31.7 Å². The first-order chi connectivity index (χ1) is 8.63. The van der Waals surface area contributed by atoms with Gasteiger partial charge in [0, 0.05) is 11.9 Å². The summed E-state index contributed by atoms with van der Waals surface area (Å²) >= 11 is 5.86. The van der Waals surface area contributed by atoms with E-state index in [0.717, 1.165) is 17.9 Å². The van der Waals surface area contributed by atoms with Crippen molar-refractivity contribution in [1.29, 1.82) is 0 Å². The van der Waals surface area contributed by atoms with Gasteiger partial charge in [0.2, 0.25) is 5.89 Å². The molecule has 2 aromatic rings. The van der Waals surface area contributed by atoms with Crippen LogP contribution in [0.5, 0.6) is 0 Å². The maximum absolute atomic E-state index is 11.5. The maximum Gasteiger partial charge on any atom is 0.437 e. The molecule has 1 aromatic carbocycles. The SMILES string of the molecule is Cc1nn(C2CC(c3ccc(Cl)cc3)C2)c(=O)o1. The summed E-state index contributed by atoms with van der Waals surface area (Å²) < 4.78 is 6.37. The minimum absolute atomic E-state index is 0.163. The number of halogens is 1. The zero-order valence-corrected chi connectivity index (χ0v) is 10.7. The molecule has 94 valence electrons. The summed E-state index contributed by atoms with van der Waals surface area (Å²) in [5, 5.41) is 4.84. The van der Waals surface area contributed by atoms with Crippen molar-refractivity contribution in [3.05, 3.63) is 51.3 Å². The first-order valence-corrected chi connectivity index (χ1v) is 6.33. The van der Waals surface area contributed by atoms with E-state index in [1.165, 1.54) is 10.2 Å². The molecule has 5 heteroatoms. The number of aryl methyl sites for hydroxylation is 1. The van der Waals surface area contributed by atoms with Gasteiger partial charge in [0.25, 0.3) is 0 Å². The van der Waals surface area contributed by atoms with E-state index in [1.54, 1.807) is 6.92 Å². The van der Waals surface area contributed by atoms with Gasteiger partial charge in [0.1, 0.15) is 0 Å². The monoisotopic (exact) mass is 264 g/mol. The van der Waals surface area contributed by atoms with Crippen LogP contribution in [0.25, 0.3) is 0 Å². The number of aromatic nitrogens is 2. The molecular formula is C13H13ClN2O2. The molecule has 0 spiro atoms. The van der Waals surface area contributed by atoms with Gasteiger partial charge in [-0.05, 0) is 36.5 Å². The predicted octanol–water partition coefficient (Wildman–Crippen LogP) is 2.92. The summed E-state index contributed by atoms with van der Waals surface area (Å²) in [7, 11) is 0. The molecule has 4 nitrogen and oxygen atoms in total. The standard InChI is InChI=1S/C13H13ClN2O2/c1-8-15-16(13(17)18-8)12-6-10(7-12)9-2-4-11(14)5-3-9/h2-5,10,12H,6-7H2,1H3. The Morgan fingerprint density at radius 3 is 2.56 bits per heavy atom. The molecule has 0 aliphatic heterocycles. The van der Waals surface area contributed by atoms with E-state index in [0.29, 0.717) is 11.8 Å². The fourth-order valence-electron chi connectivity index (χ4n) is 2.41. The van der Waals surface area contributed by atoms with E-state index < -0.39 is 0 Å². The summed E-state index contributed by atoms with van der Waals surface area (Å²) in [6.07, 6.45) is 1.85. The summed E-state index contributed by atoms with van der Waals surface area (Å²) in [5.74, 6) is 0.554. The van der Waals surface area contributed by atoms with E-state index in [2.05, 4.69) is 5.10 Å². The van der Waals surface area contributed by atoms with E-state index in [-0.39, 0.29) is 11.8 Å². The minimum Gasteiger partial charge on any atom is -0.393 e. The summed E-state index contributed by atoms with van der Waals surface area (Å²) in [4.78, 5) is 11.5. The zero-order chi connectivity index (χ0) is 12.7. The molecule has 1 heterocycles. The van der Waals surface area contributed by atoms with Crippen molar-refractivity contribution >= 4 is 11.6 Å². The number of hydrogen-bond donors (Lipinski definition) is 0. The quantitative estimate of drug-likeness (QED) is 0.838. The van der Waals surface area contributed by atoms with Gasteiger partial charge < -0.3 is 4.42 Å². The Hall–Kier alpha value is -1.55. The molecule has 0 radical (unpaired) electrons. The molecule has 0 saturated heterocycles. The third-order valence-corrected chi connectivity index (χ3v) is 3.72. The van der Waals surface area contributed by atoms with Crippen molar-refractivity contribution < 1.29 is 4.42 Å². The Morgan fingerprint density at radius 1 is 1.33 bits per heavy atom. The molecule has 0 unspecified atom stereocenters. The van der Waals surface area contributed by atoms with Crippen molar-refractivity contribution in [3.63, 3.8) is 0 Å². The van der Waals surface area contributed by atoms with Gasteiger partial charge in [-0.15, -0.1) is 5.10 Å². The van der Waals surface area contributed by atoms with Crippen molar-refractivity contribution in [2.24, 2.45) is 0 Å². The molecule has 1 fully saturated rings. The summed E-state index contributed by atoms with van der Waals surface area (Å²) in [5.41, 5.74) is 1.27. The van der Waals surface area contributed by atoms with Gasteiger partial charge in [-0.2, -0.15) is 4.68 Å². The Bertz CT molecular complexity index is 609. The molecule has 0 atom stereocenters. The predicted molar refractivity (Wildman–Crippen MR) is 68.0 cm³/mol. The molecule has 1 aliphatic carbocycles. The van der Waals surface area contributed by atoms with Crippen LogP contribution < -0.4 is 5.76 Å². The number of nitrogens with zero attached hydrogens (tertiary/aromatic N) is 2. The largest absolute Gasteiger partial charge is 0.437 e. The van der Waals surface area contributed by atoms with Gasteiger partial charge in [-0.1, -0.05) is 23.7 Å². The molecule has 3 rings (SSSR count). The lowest BCUT2D eigenvalue weighted by molar-refractivity contribution is 0.233. The van der Waals surface area contributed by atoms with Crippen LogP contribution in [0, 0.1) is 6.92 Å². The third kappa shape index (κ3) is 1.97. The average molecular weight is 265 g/mol. The molecule has 0 bridgehead atoms. The second kappa shape index (κ2) is 4.28. The van der Waals surface area contributed by atoms with Crippen molar-refractivity contribution in [2.75, 3.05) is 0 Å². The van der Waals surface area contributed by atoms with Crippen LogP contribution in [0.4, 0.5) is 0 Å². The second-order valence-electron chi connectivity index (χ2n) is 4.71. The molecule has 1 aliphatic rings. The molecule has 0 N–H and O–H groups in total. The maximum atomic E-state index is 11.5. The van der Waals surface area contributed by atoms with Crippen LogP contribution in [-0.4, -0.2) is 9.78 Å². The van der Waals surface area contributed by atoms with E-state index in [9.17, 15) is 4.79 Å². The van der Waals surface area contributed by atoms with Crippen LogP contribution in [0.3, 0.4) is 0 Å². The van der Waals surface area contributed by atoms with Crippen LogP contribution in [-0.2, 0) is 0 Å². The molecule has 0 amide bonds. The Kier molecular flexibility index (Phi) is 2.74. The average Bonchev–Trinajstić information content (AvgIpc) is 2.59. The smallest absolute Gasteiger partial charge is 0.393 e. The normalized spacial score (nSPS) is 22.8. The fraction of sp³-hybridized carbons (Fsp3) is 0.385. The highest BCUT2D eigenvalue weighted by Crippen LogP contribution is 2.43. The Morgan fingerprint density at radius 2 is 2.00 bits per heavy atom. The lowest BCUT2D eigenvalue weighted by Crippen LogP contribution is -2.31. The van der Waals surface area contributed by atoms with Crippen molar-refractivity contribution in [1.82, 2.24) is 9.78 Å². The first kappa shape index (κ1) is 11.5. The highest BCUT2D eigenvalue weighted by molar-refractivity contribution is 6.30. The summed E-state index contributed by atoms with van der Waals surface area (Å²) in [6.45, 7) is 1.69. The van der Waals surface area contributed by atoms with Gasteiger partial charge in [-0.3, -0.25) is 0 Å². The van der Waals surface area contributed by atoms with Gasteiger partial charge in [0.05, 0.1) is 6.04 Å². The second-order valence-corrected chi connectivity index (χ2v) is 5.14. The third-order valence-electron chi connectivity index (χ3n) is 3.47. The van der Waals surface area contributed by atoms with Gasteiger partial charge in [0.15, 0.2) is 0 Å². The number of hydrogen-bond acceptors (Lipinski definition) is 3. The summed E-state index contributed by atoms with van der Waals surface area (Å²) in [6, 6.07) is 8.04.